The third-order valence-corrected chi connectivity index (χ3v) is 5.48. The van der Waals surface area contributed by atoms with Crippen molar-refractivity contribution in [3.63, 3.8) is 0 Å². The van der Waals surface area contributed by atoms with Gasteiger partial charge in [0, 0.05) is 5.56 Å². The molecule has 0 atom stereocenters. The number of hydrogen-bond donors (Lipinski definition) is 0. The number of carbonyl (C=O) groups is 2. The van der Waals surface area contributed by atoms with Crippen LogP contribution in [0.2, 0.25) is 0 Å². The summed E-state index contributed by atoms with van der Waals surface area (Å²) >= 11 is 3.45. The van der Waals surface area contributed by atoms with E-state index in [1.807, 2.05) is 49.4 Å². The molecule has 0 saturated heterocycles. The zero-order chi connectivity index (χ0) is 24.1. The van der Waals surface area contributed by atoms with Gasteiger partial charge in [-0.1, -0.05) is 30.3 Å². The summed E-state index contributed by atoms with van der Waals surface area (Å²) in [6.07, 6.45) is 1.61. The van der Waals surface area contributed by atoms with Gasteiger partial charge in [0.05, 0.1) is 17.7 Å². The fraction of sp³-hybridized carbons (Fsp3) is 0.192. The summed E-state index contributed by atoms with van der Waals surface area (Å²) in [7, 11) is 0. The Morgan fingerprint density at radius 2 is 1.82 bits per heavy atom. The minimum Gasteiger partial charge on any atom is -0.490 e. The molecule has 0 radical (unpaired) electrons. The lowest BCUT2D eigenvalue weighted by molar-refractivity contribution is -0.145. The molecule has 3 aromatic rings. The number of cyclic esters (lactones) is 1. The second-order valence-corrected chi connectivity index (χ2v) is 8.11. The van der Waals surface area contributed by atoms with E-state index in [1.165, 1.54) is 0 Å². The molecule has 4 rings (SSSR count). The highest BCUT2D eigenvalue weighted by Gasteiger charge is 2.25. The van der Waals surface area contributed by atoms with Crippen LogP contribution in [0.4, 0.5) is 0 Å². The van der Waals surface area contributed by atoms with Crippen molar-refractivity contribution in [3.05, 3.63) is 75.9 Å². The Bertz CT molecular complexity index is 1310. The van der Waals surface area contributed by atoms with Crippen LogP contribution in [-0.2, 0) is 19.1 Å². The van der Waals surface area contributed by atoms with Gasteiger partial charge in [-0.25, -0.2) is 14.6 Å². The van der Waals surface area contributed by atoms with E-state index in [4.69, 9.17) is 18.9 Å². The van der Waals surface area contributed by atoms with Crippen molar-refractivity contribution in [3.8, 4) is 11.5 Å². The molecule has 1 aliphatic rings. The SMILES string of the molecule is CCOC(=O)COc1c(Br)cc(/C=C2\N=C(c3ccc4ccccc4c3)OC2=O)cc1OCC. The number of benzene rings is 3. The summed E-state index contributed by atoms with van der Waals surface area (Å²) in [5.74, 6) is 0.0113. The highest BCUT2D eigenvalue weighted by Crippen LogP contribution is 2.38. The zero-order valence-corrected chi connectivity index (χ0v) is 20.3. The van der Waals surface area contributed by atoms with Crippen molar-refractivity contribution >= 4 is 50.6 Å². The van der Waals surface area contributed by atoms with Gasteiger partial charge in [0.25, 0.3) is 0 Å². The molecule has 0 N–H and O–H groups in total. The van der Waals surface area contributed by atoms with Gasteiger partial charge >= 0.3 is 11.9 Å². The number of halogens is 1. The van der Waals surface area contributed by atoms with E-state index in [9.17, 15) is 9.59 Å². The minimum atomic E-state index is -0.542. The molecule has 0 spiro atoms. The maximum atomic E-state index is 12.5. The zero-order valence-electron chi connectivity index (χ0n) is 18.7. The van der Waals surface area contributed by atoms with Crippen LogP contribution >= 0.6 is 15.9 Å². The summed E-state index contributed by atoms with van der Waals surface area (Å²) in [4.78, 5) is 28.6. The third-order valence-electron chi connectivity index (χ3n) is 4.89. The largest absolute Gasteiger partial charge is 0.490 e. The Kier molecular flexibility index (Phi) is 7.27. The summed E-state index contributed by atoms with van der Waals surface area (Å²) in [5.41, 5.74) is 1.53. The molecule has 1 aliphatic heterocycles. The van der Waals surface area contributed by atoms with Crippen LogP contribution in [0.3, 0.4) is 0 Å². The smallest absolute Gasteiger partial charge is 0.363 e. The van der Waals surface area contributed by atoms with Crippen LogP contribution in [0.1, 0.15) is 25.0 Å². The molecular formula is C26H22BrNO6. The first-order chi connectivity index (χ1) is 16.5. The predicted octanol–water partition coefficient (Wildman–Crippen LogP) is 5.29. The Labute approximate surface area is 205 Å². The normalized spacial score (nSPS) is 14.1. The quantitative estimate of drug-likeness (QED) is 0.294. The maximum absolute atomic E-state index is 12.5. The average Bonchev–Trinajstić information content (AvgIpc) is 3.18. The van der Waals surface area contributed by atoms with Crippen molar-refractivity contribution in [1.29, 1.82) is 0 Å². The predicted molar refractivity (Wildman–Crippen MR) is 132 cm³/mol. The topological polar surface area (TPSA) is 83.4 Å². The number of aliphatic imine (C=N–C) groups is 1. The monoisotopic (exact) mass is 523 g/mol. The van der Waals surface area contributed by atoms with Gasteiger partial charge in [0.15, 0.2) is 23.8 Å². The number of fused-ring (bicyclic) bond motifs is 1. The van der Waals surface area contributed by atoms with E-state index in [0.29, 0.717) is 33.7 Å². The summed E-state index contributed by atoms with van der Waals surface area (Å²) in [6.45, 7) is 3.96. The number of carbonyl (C=O) groups excluding carboxylic acids is 2. The number of esters is 2. The molecule has 1 heterocycles. The Balaban J connectivity index is 1.62. The van der Waals surface area contributed by atoms with Crippen LogP contribution in [0.25, 0.3) is 16.8 Å². The molecule has 34 heavy (non-hydrogen) atoms. The van der Waals surface area contributed by atoms with Crippen molar-refractivity contribution in [2.45, 2.75) is 13.8 Å². The number of ether oxygens (including phenoxy) is 4. The highest BCUT2D eigenvalue weighted by molar-refractivity contribution is 9.10. The summed E-state index contributed by atoms with van der Waals surface area (Å²) in [6, 6.07) is 17.1. The molecule has 0 bridgehead atoms. The van der Waals surface area contributed by atoms with Crippen LogP contribution in [-0.4, -0.2) is 37.7 Å². The lowest BCUT2D eigenvalue weighted by Crippen LogP contribution is -2.15. The van der Waals surface area contributed by atoms with Crippen molar-refractivity contribution in [1.82, 2.24) is 0 Å². The molecule has 0 aliphatic carbocycles. The summed E-state index contributed by atoms with van der Waals surface area (Å²) in [5, 5.41) is 2.12. The number of rotatable bonds is 8. The van der Waals surface area contributed by atoms with E-state index in [1.54, 1.807) is 25.1 Å². The molecule has 0 unspecified atom stereocenters. The van der Waals surface area contributed by atoms with Crippen molar-refractivity contribution < 1.29 is 28.5 Å². The first-order valence-electron chi connectivity index (χ1n) is 10.7. The van der Waals surface area contributed by atoms with E-state index in [0.717, 1.165) is 10.8 Å². The average molecular weight is 524 g/mol. The summed E-state index contributed by atoms with van der Waals surface area (Å²) < 4.78 is 22.2. The second-order valence-electron chi connectivity index (χ2n) is 7.25. The lowest BCUT2D eigenvalue weighted by atomic mass is 10.1. The molecule has 0 aromatic heterocycles. The Morgan fingerprint density at radius 3 is 2.59 bits per heavy atom. The van der Waals surface area contributed by atoms with Gasteiger partial charge in [0.2, 0.25) is 5.90 Å². The molecular weight excluding hydrogens is 502 g/mol. The first kappa shape index (κ1) is 23.5. The standard InChI is InChI=1S/C26H22BrNO6/c1-3-31-22-13-16(11-20(27)24(22)33-15-23(29)32-4-2)12-21-26(30)34-25(28-21)19-10-9-17-7-5-6-8-18(17)14-19/h5-14H,3-4,15H2,1-2H3/b21-12-. The van der Waals surface area contributed by atoms with Crippen LogP contribution in [0.15, 0.2) is 69.8 Å². The maximum Gasteiger partial charge on any atom is 0.363 e. The van der Waals surface area contributed by atoms with Crippen LogP contribution in [0.5, 0.6) is 11.5 Å². The Hall–Kier alpha value is -3.65. The van der Waals surface area contributed by atoms with Crippen molar-refractivity contribution in [2.75, 3.05) is 19.8 Å². The molecule has 0 saturated carbocycles. The van der Waals surface area contributed by atoms with Gasteiger partial charge in [-0.15, -0.1) is 0 Å². The fourth-order valence-electron chi connectivity index (χ4n) is 3.42. The van der Waals surface area contributed by atoms with Gasteiger partial charge in [-0.05, 0) is 76.5 Å². The molecule has 7 nitrogen and oxygen atoms in total. The van der Waals surface area contributed by atoms with Gasteiger partial charge in [0.1, 0.15) is 0 Å². The highest BCUT2D eigenvalue weighted by atomic mass is 79.9. The second kappa shape index (κ2) is 10.5. The molecule has 0 fully saturated rings. The Morgan fingerprint density at radius 1 is 1.03 bits per heavy atom. The first-order valence-corrected chi connectivity index (χ1v) is 11.5. The minimum absolute atomic E-state index is 0.165. The number of nitrogens with zero attached hydrogens (tertiary/aromatic N) is 1. The van der Waals surface area contributed by atoms with E-state index >= 15 is 0 Å². The van der Waals surface area contributed by atoms with E-state index in [-0.39, 0.29) is 24.8 Å². The van der Waals surface area contributed by atoms with Crippen molar-refractivity contribution in [2.24, 2.45) is 4.99 Å². The van der Waals surface area contributed by atoms with Gasteiger partial charge < -0.3 is 18.9 Å². The van der Waals surface area contributed by atoms with Gasteiger partial charge in [-0.3, -0.25) is 0 Å². The van der Waals surface area contributed by atoms with Gasteiger partial charge in [-0.2, -0.15) is 0 Å². The molecule has 0 amide bonds. The molecule has 3 aromatic carbocycles. The third kappa shape index (κ3) is 5.28. The fourth-order valence-corrected chi connectivity index (χ4v) is 4.00. The lowest BCUT2D eigenvalue weighted by Gasteiger charge is -2.14. The van der Waals surface area contributed by atoms with Crippen LogP contribution < -0.4 is 9.47 Å². The molecule has 174 valence electrons. The van der Waals surface area contributed by atoms with E-state index < -0.39 is 11.9 Å². The van der Waals surface area contributed by atoms with Crippen LogP contribution in [0, 0.1) is 0 Å². The molecule has 8 heteroatoms. The number of hydrogen-bond acceptors (Lipinski definition) is 7. The van der Waals surface area contributed by atoms with E-state index in [2.05, 4.69) is 20.9 Å².